The maximum Gasteiger partial charge on any atom is 0.491 e. The van der Waals surface area contributed by atoms with Crippen molar-refractivity contribution in [1.29, 1.82) is 0 Å². The summed E-state index contributed by atoms with van der Waals surface area (Å²) >= 11 is 3.40. The van der Waals surface area contributed by atoms with Gasteiger partial charge in [-0.15, -0.1) is 0 Å². The molecule has 13 heteroatoms. The van der Waals surface area contributed by atoms with Crippen molar-refractivity contribution >= 4 is 27.8 Å². The lowest BCUT2D eigenvalue weighted by atomic mass is 10.3. The Morgan fingerprint density at radius 1 is 1.38 bits per heavy atom. The van der Waals surface area contributed by atoms with E-state index in [1.54, 1.807) is 37.2 Å². The monoisotopic (exact) mass is 423 g/mol. The van der Waals surface area contributed by atoms with Gasteiger partial charge in [-0.2, -0.15) is 14.9 Å². The molecule has 136 valence electrons. The first-order valence-corrected chi connectivity index (χ1v) is 8.13. The van der Waals surface area contributed by atoms with Crippen LogP contribution in [-0.2, 0) is 20.3 Å². The Hall–Kier alpha value is -3.09. The molecule has 0 aliphatic carbocycles. The zero-order valence-electron chi connectivity index (χ0n) is 13.9. The number of nitrogens with zero attached hydrogens (tertiary/aromatic N) is 9. The van der Waals surface area contributed by atoms with Crippen LogP contribution >= 0.6 is 15.9 Å². The number of nitro groups is 1. The number of carbonyl (C=O) groups excluding carboxylic acids is 1. The minimum absolute atomic E-state index is 0.102. The van der Waals surface area contributed by atoms with Crippen LogP contribution in [0.3, 0.4) is 0 Å². The number of hydrogen-bond donors (Lipinski definition) is 0. The van der Waals surface area contributed by atoms with Gasteiger partial charge in [0.15, 0.2) is 6.67 Å². The van der Waals surface area contributed by atoms with Crippen LogP contribution in [0.25, 0.3) is 0 Å². The summed E-state index contributed by atoms with van der Waals surface area (Å²) in [6, 6.07) is 1.57. The summed E-state index contributed by atoms with van der Waals surface area (Å²) in [5, 5.41) is 22.6. The Morgan fingerprint density at radius 3 is 2.77 bits per heavy atom. The van der Waals surface area contributed by atoms with E-state index in [-0.39, 0.29) is 18.3 Å². The van der Waals surface area contributed by atoms with Crippen LogP contribution in [0.1, 0.15) is 16.2 Å². The van der Waals surface area contributed by atoms with Gasteiger partial charge in [0.05, 0.1) is 22.9 Å². The fourth-order valence-electron chi connectivity index (χ4n) is 2.25. The van der Waals surface area contributed by atoms with Gasteiger partial charge >= 0.3 is 5.95 Å². The number of halogens is 1. The molecule has 0 unspecified atom stereocenters. The third-order valence-electron chi connectivity index (χ3n) is 3.58. The topological polar surface area (TPSA) is 130 Å². The highest BCUT2D eigenvalue weighted by atomic mass is 79.9. The van der Waals surface area contributed by atoms with E-state index in [0.29, 0.717) is 6.54 Å². The lowest BCUT2D eigenvalue weighted by Crippen LogP contribution is -2.28. The van der Waals surface area contributed by atoms with Crippen molar-refractivity contribution in [2.75, 3.05) is 7.05 Å². The van der Waals surface area contributed by atoms with Crippen molar-refractivity contribution in [2.24, 2.45) is 7.05 Å². The van der Waals surface area contributed by atoms with Crippen LogP contribution in [0.2, 0.25) is 0 Å². The summed E-state index contributed by atoms with van der Waals surface area (Å²) in [5.74, 6) is -0.753. The fourth-order valence-corrected chi connectivity index (χ4v) is 2.72. The number of amides is 1. The van der Waals surface area contributed by atoms with E-state index in [1.165, 1.54) is 20.6 Å². The van der Waals surface area contributed by atoms with E-state index in [2.05, 4.69) is 36.2 Å². The zero-order chi connectivity index (χ0) is 18.8. The zero-order valence-corrected chi connectivity index (χ0v) is 15.4. The smallest absolute Gasteiger partial charge is 0.390 e. The van der Waals surface area contributed by atoms with Crippen LogP contribution in [0, 0.1) is 10.1 Å². The summed E-state index contributed by atoms with van der Waals surface area (Å²) < 4.78 is 5.21. The Kier molecular flexibility index (Phi) is 4.79. The molecule has 1 amide bonds. The fraction of sp³-hybridized carbons (Fsp3) is 0.308. The van der Waals surface area contributed by atoms with E-state index < -0.39 is 10.9 Å². The molecule has 0 saturated heterocycles. The molecule has 3 aromatic heterocycles. The third-order valence-corrected chi connectivity index (χ3v) is 4.24. The Labute approximate surface area is 155 Å². The molecule has 0 bridgehead atoms. The number of aryl methyl sites for hydroxylation is 1. The minimum atomic E-state index is -0.680. The molecule has 0 aliphatic heterocycles. The number of aromatic nitrogens is 7. The molecule has 3 rings (SSSR count). The molecule has 0 radical (unpaired) electrons. The van der Waals surface area contributed by atoms with Crippen LogP contribution in [0.4, 0.5) is 5.95 Å². The van der Waals surface area contributed by atoms with Gasteiger partial charge in [0.1, 0.15) is 5.69 Å². The average Bonchev–Trinajstić information content (AvgIpc) is 3.32. The van der Waals surface area contributed by atoms with E-state index >= 15 is 0 Å². The van der Waals surface area contributed by atoms with E-state index in [0.717, 1.165) is 10.2 Å². The SMILES string of the molecule is CN(Cc1c(Br)cnn1C)C(=O)c1ccn(Cn2cnc([N+](=O)[O-])n2)n1. The van der Waals surface area contributed by atoms with Crippen LogP contribution < -0.4 is 0 Å². The number of carbonyl (C=O) groups is 1. The van der Waals surface area contributed by atoms with Crippen molar-refractivity contribution in [2.45, 2.75) is 13.2 Å². The second kappa shape index (κ2) is 7.03. The van der Waals surface area contributed by atoms with Gasteiger partial charge in [-0.3, -0.25) is 9.48 Å². The molecule has 0 atom stereocenters. The third kappa shape index (κ3) is 3.61. The van der Waals surface area contributed by atoms with E-state index in [4.69, 9.17) is 0 Å². The van der Waals surface area contributed by atoms with Crippen molar-refractivity contribution in [3.63, 3.8) is 0 Å². The average molecular weight is 424 g/mol. The summed E-state index contributed by atoms with van der Waals surface area (Å²) in [4.78, 5) is 27.5. The molecule has 3 aromatic rings. The highest BCUT2D eigenvalue weighted by molar-refractivity contribution is 9.10. The van der Waals surface area contributed by atoms with E-state index in [9.17, 15) is 14.9 Å². The summed E-state index contributed by atoms with van der Waals surface area (Å²) in [6.07, 6.45) is 4.49. The van der Waals surface area contributed by atoms with Gasteiger partial charge in [-0.1, -0.05) is 4.98 Å². The van der Waals surface area contributed by atoms with Gasteiger partial charge in [0.2, 0.25) is 6.33 Å². The van der Waals surface area contributed by atoms with Gasteiger partial charge in [-0.25, -0.2) is 4.68 Å². The lowest BCUT2D eigenvalue weighted by Gasteiger charge is -2.16. The molecule has 0 N–H and O–H groups in total. The molecule has 0 fully saturated rings. The van der Waals surface area contributed by atoms with Gasteiger partial charge in [0, 0.05) is 25.4 Å². The second-order valence-corrected chi connectivity index (χ2v) is 6.30. The predicted octanol–water partition coefficient (Wildman–Crippen LogP) is 0.657. The van der Waals surface area contributed by atoms with Crippen LogP contribution in [0.5, 0.6) is 0 Å². The van der Waals surface area contributed by atoms with Crippen molar-refractivity contribution in [1.82, 2.24) is 39.2 Å². The van der Waals surface area contributed by atoms with Crippen molar-refractivity contribution in [3.8, 4) is 0 Å². The molecule has 0 saturated carbocycles. The standard InChI is InChI=1S/C13H14BrN9O3/c1-19(6-11-9(14)5-16-20(11)2)12(24)10-3-4-21(17-10)8-22-7-15-13(18-22)23(25)26/h3-5,7H,6,8H2,1-2H3. The van der Waals surface area contributed by atoms with Gasteiger partial charge < -0.3 is 15.0 Å². The van der Waals surface area contributed by atoms with Crippen molar-refractivity contribution < 1.29 is 9.72 Å². The first-order chi connectivity index (χ1) is 12.3. The molecular weight excluding hydrogens is 410 g/mol. The first-order valence-electron chi connectivity index (χ1n) is 7.34. The number of rotatable bonds is 6. The maximum absolute atomic E-state index is 12.5. The van der Waals surface area contributed by atoms with Crippen LogP contribution in [-0.4, -0.2) is 57.1 Å². The summed E-state index contributed by atoms with van der Waals surface area (Å²) in [7, 11) is 3.46. The molecule has 26 heavy (non-hydrogen) atoms. The van der Waals surface area contributed by atoms with Gasteiger partial charge in [0.25, 0.3) is 5.91 Å². The molecule has 0 spiro atoms. The maximum atomic E-state index is 12.5. The quantitative estimate of drug-likeness (QED) is 0.420. The highest BCUT2D eigenvalue weighted by Gasteiger charge is 2.19. The molecule has 0 aliphatic rings. The molecule has 12 nitrogen and oxygen atoms in total. The van der Waals surface area contributed by atoms with Gasteiger partial charge in [-0.05, 0) is 26.9 Å². The Balaban J connectivity index is 1.68. The molecule has 3 heterocycles. The molecule has 0 aromatic carbocycles. The Morgan fingerprint density at radius 2 is 2.15 bits per heavy atom. The largest absolute Gasteiger partial charge is 0.491 e. The molecular formula is C13H14BrN9O3. The number of hydrogen-bond acceptors (Lipinski definition) is 7. The van der Waals surface area contributed by atoms with Crippen molar-refractivity contribution in [3.05, 3.63) is 50.8 Å². The summed E-state index contributed by atoms with van der Waals surface area (Å²) in [5.41, 5.74) is 1.11. The normalized spacial score (nSPS) is 10.9. The predicted molar refractivity (Wildman–Crippen MR) is 91.0 cm³/mol. The second-order valence-electron chi connectivity index (χ2n) is 5.45. The highest BCUT2D eigenvalue weighted by Crippen LogP contribution is 2.17. The van der Waals surface area contributed by atoms with Crippen LogP contribution in [0.15, 0.2) is 29.3 Å². The lowest BCUT2D eigenvalue weighted by molar-refractivity contribution is -0.394. The Bertz CT molecular complexity index is 940. The summed E-state index contributed by atoms with van der Waals surface area (Å²) in [6.45, 7) is 0.461. The first kappa shape index (κ1) is 17.7. The minimum Gasteiger partial charge on any atom is -0.390 e. The van der Waals surface area contributed by atoms with E-state index in [1.807, 2.05) is 0 Å².